The number of carbonyl (C=O) groups is 1. The molecule has 1 aromatic rings. The first-order chi connectivity index (χ1) is 9.13. The third kappa shape index (κ3) is 2.25. The maximum atomic E-state index is 12.4. The number of ether oxygens (including phenoxy) is 3. The second-order valence-electron chi connectivity index (χ2n) is 4.98. The van der Waals surface area contributed by atoms with E-state index in [1.165, 1.54) is 0 Å². The van der Waals surface area contributed by atoms with Crippen molar-refractivity contribution in [1.29, 1.82) is 0 Å². The Morgan fingerprint density at radius 2 is 2.05 bits per heavy atom. The molecular formula is C14H15BrO4. The van der Waals surface area contributed by atoms with Crippen LogP contribution < -0.4 is 9.47 Å². The highest BCUT2D eigenvalue weighted by molar-refractivity contribution is 9.10. The first-order valence-electron chi connectivity index (χ1n) is 6.31. The van der Waals surface area contributed by atoms with Crippen LogP contribution in [0.2, 0.25) is 0 Å². The highest BCUT2D eigenvalue weighted by Gasteiger charge is 2.43. The largest absolute Gasteiger partial charge is 0.496 e. The Hall–Kier alpha value is -1.07. The Labute approximate surface area is 120 Å². The predicted molar refractivity (Wildman–Crippen MR) is 73.1 cm³/mol. The molecule has 4 nitrogen and oxygen atoms in total. The van der Waals surface area contributed by atoms with Crippen LogP contribution in [-0.4, -0.2) is 31.7 Å². The third-order valence-corrected chi connectivity index (χ3v) is 4.20. The average molecular weight is 327 g/mol. The Morgan fingerprint density at radius 3 is 2.74 bits per heavy atom. The summed E-state index contributed by atoms with van der Waals surface area (Å²) in [4.78, 5) is 12.4. The normalized spacial score (nSPS) is 20.8. The first kappa shape index (κ1) is 12.9. The minimum Gasteiger partial charge on any atom is -0.496 e. The molecule has 0 radical (unpaired) electrons. The first-order valence-corrected chi connectivity index (χ1v) is 7.10. The molecule has 1 spiro atoms. The number of halogens is 1. The van der Waals surface area contributed by atoms with Crippen LogP contribution in [0.15, 0.2) is 16.6 Å². The Bertz CT molecular complexity index is 520. The molecule has 2 heterocycles. The van der Waals surface area contributed by atoms with Crippen LogP contribution in [0.5, 0.6) is 11.5 Å². The van der Waals surface area contributed by atoms with Crippen molar-refractivity contribution >= 4 is 21.7 Å². The molecule has 3 rings (SSSR count). The van der Waals surface area contributed by atoms with E-state index in [1.807, 2.05) is 6.07 Å². The molecule has 0 unspecified atom stereocenters. The van der Waals surface area contributed by atoms with E-state index in [0.29, 0.717) is 36.7 Å². The lowest BCUT2D eigenvalue weighted by atomic mass is 9.84. The third-order valence-electron chi connectivity index (χ3n) is 3.74. The minimum absolute atomic E-state index is 0.0903. The molecule has 0 amide bonds. The van der Waals surface area contributed by atoms with Crippen molar-refractivity contribution < 1.29 is 19.0 Å². The maximum Gasteiger partial charge on any atom is 0.174 e. The second kappa shape index (κ2) is 4.80. The van der Waals surface area contributed by atoms with Crippen molar-refractivity contribution in [3.05, 3.63) is 22.2 Å². The lowest BCUT2D eigenvalue weighted by molar-refractivity contribution is -0.0506. The fraction of sp³-hybridized carbons (Fsp3) is 0.500. The van der Waals surface area contributed by atoms with Gasteiger partial charge in [0, 0.05) is 17.3 Å². The minimum atomic E-state index is -0.395. The number of benzene rings is 1. The number of rotatable bonds is 1. The van der Waals surface area contributed by atoms with E-state index in [9.17, 15) is 4.79 Å². The van der Waals surface area contributed by atoms with E-state index >= 15 is 0 Å². The standard InChI is InChI=1S/C14H15BrO4/c1-17-11-6-9(15)7-12-13(11)10(16)8-14(19-12)2-4-18-5-3-14/h6-7H,2-5,8H2,1H3. The Kier molecular flexibility index (Phi) is 3.27. The van der Waals surface area contributed by atoms with Crippen LogP contribution in [0.3, 0.4) is 0 Å². The molecule has 0 aromatic heterocycles. The van der Waals surface area contributed by atoms with Gasteiger partial charge in [-0.2, -0.15) is 0 Å². The number of carbonyl (C=O) groups excluding carboxylic acids is 1. The quantitative estimate of drug-likeness (QED) is 0.795. The van der Waals surface area contributed by atoms with Crippen molar-refractivity contribution in [3.63, 3.8) is 0 Å². The van der Waals surface area contributed by atoms with Gasteiger partial charge in [-0.1, -0.05) is 15.9 Å². The molecule has 0 atom stereocenters. The molecule has 0 saturated carbocycles. The van der Waals surface area contributed by atoms with Crippen LogP contribution in [-0.2, 0) is 4.74 Å². The summed E-state index contributed by atoms with van der Waals surface area (Å²) in [5.74, 6) is 1.27. The smallest absolute Gasteiger partial charge is 0.174 e. The number of hydrogen-bond acceptors (Lipinski definition) is 4. The van der Waals surface area contributed by atoms with E-state index in [0.717, 1.165) is 17.3 Å². The predicted octanol–water partition coefficient (Wildman–Crippen LogP) is 2.97. The maximum absolute atomic E-state index is 12.4. The molecule has 102 valence electrons. The monoisotopic (exact) mass is 326 g/mol. The molecule has 0 N–H and O–H groups in total. The number of ketones is 1. The van der Waals surface area contributed by atoms with Crippen LogP contribution in [0, 0.1) is 0 Å². The van der Waals surface area contributed by atoms with Gasteiger partial charge in [0.25, 0.3) is 0 Å². The highest BCUT2D eigenvalue weighted by Crippen LogP contribution is 2.43. The fourth-order valence-corrected chi connectivity index (χ4v) is 3.16. The summed E-state index contributed by atoms with van der Waals surface area (Å²) in [7, 11) is 1.56. The van der Waals surface area contributed by atoms with Gasteiger partial charge in [0.15, 0.2) is 5.78 Å². The lowest BCUT2D eigenvalue weighted by Gasteiger charge is -2.40. The highest BCUT2D eigenvalue weighted by atomic mass is 79.9. The van der Waals surface area contributed by atoms with E-state index in [4.69, 9.17) is 14.2 Å². The van der Waals surface area contributed by atoms with E-state index in [-0.39, 0.29) is 5.78 Å². The van der Waals surface area contributed by atoms with Gasteiger partial charge in [0.05, 0.1) is 26.7 Å². The van der Waals surface area contributed by atoms with Gasteiger partial charge in [-0.25, -0.2) is 0 Å². The molecule has 5 heteroatoms. The summed E-state index contributed by atoms with van der Waals surface area (Å²) >= 11 is 3.42. The van der Waals surface area contributed by atoms with Gasteiger partial charge in [-0.3, -0.25) is 4.79 Å². The van der Waals surface area contributed by atoms with Gasteiger partial charge in [-0.05, 0) is 12.1 Å². The van der Waals surface area contributed by atoms with Crippen molar-refractivity contribution in [2.45, 2.75) is 24.9 Å². The van der Waals surface area contributed by atoms with Gasteiger partial charge < -0.3 is 14.2 Å². The SMILES string of the molecule is COc1cc(Br)cc2c1C(=O)CC1(CCOCC1)O2. The van der Waals surface area contributed by atoms with Crippen molar-refractivity contribution in [2.75, 3.05) is 20.3 Å². The molecule has 0 bridgehead atoms. The number of hydrogen-bond donors (Lipinski definition) is 0. The topological polar surface area (TPSA) is 44.8 Å². The molecule has 2 aliphatic rings. The van der Waals surface area contributed by atoms with Crippen LogP contribution in [0.1, 0.15) is 29.6 Å². The van der Waals surface area contributed by atoms with Crippen molar-refractivity contribution in [1.82, 2.24) is 0 Å². The van der Waals surface area contributed by atoms with Crippen LogP contribution >= 0.6 is 15.9 Å². The van der Waals surface area contributed by atoms with Gasteiger partial charge in [-0.15, -0.1) is 0 Å². The molecular weight excluding hydrogens is 312 g/mol. The number of fused-ring (bicyclic) bond motifs is 1. The zero-order valence-electron chi connectivity index (χ0n) is 10.7. The molecule has 0 aliphatic carbocycles. The average Bonchev–Trinajstić information content (AvgIpc) is 2.37. The van der Waals surface area contributed by atoms with Gasteiger partial charge >= 0.3 is 0 Å². The summed E-state index contributed by atoms with van der Waals surface area (Å²) in [6.07, 6.45) is 1.92. The van der Waals surface area contributed by atoms with Crippen LogP contribution in [0.25, 0.3) is 0 Å². The molecule has 2 aliphatic heterocycles. The van der Waals surface area contributed by atoms with Crippen LogP contribution in [0.4, 0.5) is 0 Å². The van der Waals surface area contributed by atoms with Crippen molar-refractivity contribution in [3.8, 4) is 11.5 Å². The fourth-order valence-electron chi connectivity index (χ4n) is 2.75. The summed E-state index contributed by atoms with van der Waals surface area (Å²) in [6.45, 7) is 1.29. The summed E-state index contributed by atoms with van der Waals surface area (Å²) in [6, 6.07) is 3.63. The van der Waals surface area contributed by atoms with Gasteiger partial charge in [0.2, 0.25) is 0 Å². The summed E-state index contributed by atoms with van der Waals surface area (Å²) in [5, 5.41) is 0. The zero-order valence-corrected chi connectivity index (χ0v) is 12.3. The van der Waals surface area contributed by atoms with E-state index in [1.54, 1.807) is 13.2 Å². The Morgan fingerprint density at radius 1 is 1.32 bits per heavy atom. The lowest BCUT2D eigenvalue weighted by Crippen LogP contribution is -2.46. The second-order valence-corrected chi connectivity index (χ2v) is 5.89. The van der Waals surface area contributed by atoms with E-state index < -0.39 is 5.60 Å². The number of methoxy groups -OCH3 is 1. The molecule has 1 aromatic carbocycles. The molecule has 1 saturated heterocycles. The Balaban J connectivity index is 2.04. The van der Waals surface area contributed by atoms with Crippen molar-refractivity contribution in [2.24, 2.45) is 0 Å². The molecule has 19 heavy (non-hydrogen) atoms. The summed E-state index contributed by atoms with van der Waals surface area (Å²) < 4.78 is 17.6. The summed E-state index contributed by atoms with van der Waals surface area (Å²) in [5.41, 5.74) is 0.163. The molecule has 1 fully saturated rings. The number of Topliss-reactive ketones (excluding diaryl/α,β-unsaturated/α-hetero) is 1. The van der Waals surface area contributed by atoms with E-state index in [2.05, 4.69) is 15.9 Å². The van der Waals surface area contributed by atoms with Gasteiger partial charge in [0.1, 0.15) is 22.7 Å². The zero-order chi connectivity index (χ0) is 13.5.